The summed E-state index contributed by atoms with van der Waals surface area (Å²) in [4.78, 5) is 9.96. The summed E-state index contributed by atoms with van der Waals surface area (Å²) in [5.41, 5.74) is 3.67. The number of halogens is 1. The second-order valence-electron chi connectivity index (χ2n) is 6.90. The van der Waals surface area contributed by atoms with Gasteiger partial charge in [-0.1, -0.05) is 18.2 Å². The van der Waals surface area contributed by atoms with Crippen molar-refractivity contribution in [2.75, 3.05) is 39.3 Å². The SMILES string of the molecule is Cc1cc(CN2CCC(N3CCNCC3)C2)c2ccccc2n1.Cl. The van der Waals surface area contributed by atoms with Gasteiger partial charge in [-0.25, -0.2) is 0 Å². The van der Waals surface area contributed by atoms with Crippen molar-refractivity contribution in [1.82, 2.24) is 20.1 Å². The predicted molar refractivity (Wildman–Crippen MR) is 102 cm³/mol. The fourth-order valence-corrected chi connectivity index (χ4v) is 4.07. The molecule has 2 aliphatic rings. The molecule has 0 radical (unpaired) electrons. The van der Waals surface area contributed by atoms with E-state index in [0.29, 0.717) is 0 Å². The van der Waals surface area contributed by atoms with Crippen LogP contribution in [0.2, 0.25) is 0 Å². The first-order valence-electron chi connectivity index (χ1n) is 8.82. The molecule has 2 saturated heterocycles. The number of benzene rings is 1. The molecule has 1 N–H and O–H groups in total. The quantitative estimate of drug-likeness (QED) is 0.925. The standard InChI is InChI=1S/C19H26N4.ClH/c1-15-12-16(18-4-2-3-5-19(18)21-15)13-22-9-6-17(14-22)23-10-7-20-8-11-23;/h2-5,12,17,20H,6-11,13-14H2,1H3;1H. The number of hydrogen-bond donors (Lipinski definition) is 1. The second kappa shape index (κ2) is 7.79. The van der Waals surface area contributed by atoms with E-state index in [1.165, 1.54) is 43.5 Å². The van der Waals surface area contributed by atoms with Gasteiger partial charge in [-0.05, 0) is 31.0 Å². The van der Waals surface area contributed by atoms with Gasteiger partial charge < -0.3 is 5.32 Å². The third kappa shape index (κ3) is 3.72. The molecule has 1 aromatic heterocycles. The van der Waals surface area contributed by atoms with Crippen LogP contribution in [0.3, 0.4) is 0 Å². The molecule has 24 heavy (non-hydrogen) atoms. The van der Waals surface area contributed by atoms with E-state index in [9.17, 15) is 0 Å². The minimum absolute atomic E-state index is 0. The molecule has 5 heteroatoms. The third-order valence-corrected chi connectivity index (χ3v) is 5.24. The Balaban J connectivity index is 0.00000169. The number of aryl methyl sites for hydroxylation is 1. The Kier molecular flexibility index (Phi) is 5.72. The summed E-state index contributed by atoms with van der Waals surface area (Å²) in [6, 6.07) is 11.5. The molecule has 2 aromatic rings. The van der Waals surface area contributed by atoms with Gasteiger partial charge in [0.05, 0.1) is 5.52 Å². The fourth-order valence-electron chi connectivity index (χ4n) is 4.07. The molecule has 1 unspecified atom stereocenters. The van der Waals surface area contributed by atoms with Crippen molar-refractivity contribution in [3.05, 3.63) is 41.6 Å². The number of nitrogens with zero attached hydrogens (tertiary/aromatic N) is 3. The van der Waals surface area contributed by atoms with E-state index < -0.39 is 0 Å². The zero-order valence-electron chi connectivity index (χ0n) is 14.4. The van der Waals surface area contributed by atoms with Crippen LogP contribution in [0.4, 0.5) is 0 Å². The highest BCUT2D eigenvalue weighted by Gasteiger charge is 2.28. The first kappa shape index (κ1) is 17.6. The Bertz CT molecular complexity index is 684. The van der Waals surface area contributed by atoms with E-state index in [4.69, 9.17) is 0 Å². The van der Waals surface area contributed by atoms with Crippen LogP contribution in [-0.2, 0) is 6.54 Å². The van der Waals surface area contributed by atoms with Crippen LogP contribution in [0, 0.1) is 6.92 Å². The van der Waals surface area contributed by atoms with Gasteiger partial charge in [0, 0.05) is 62.9 Å². The first-order chi connectivity index (χ1) is 11.3. The van der Waals surface area contributed by atoms with Crippen molar-refractivity contribution >= 4 is 23.3 Å². The second-order valence-corrected chi connectivity index (χ2v) is 6.90. The largest absolute Gasteiger partial charge is 0.314 e. The molecule has 130 valence electrons. The number of rotatable bonds is 3. The number of likely N-dealkylation sites (tertiary alicyclic amines) is 1. The molecule has 0 saturated carbocycles. The highest BCUT2D eigenvalue weighted by Crippen LogP contribution is 2.23. The van der Waals surface area contributed by atoms with Crippen LogP contribution in [0.5, 0.6) is 0 Å². The van der Waals surface area contributed by atoms with Crippen LogP contribution >= 0.6 is 12.4 Å². The number of piperazine rings is 1. The summed E-state index contributed by atoms with van der Waals surface area (Å²) >= 11 is 0. The number of hydrogen-bond acceptors (Lipinski definition) is 4. The van der Waals surface area contributed by atoms with E-state index in [-0.39, 0.29) is 12.4 Å². The molecule has 1 aromatic carbocycles. The Hall–Kier alpha value is -1.20. The van der Waals surface area contributed by atoms with E-state index in [1.807, 2.05) is 0 Å². The molecule has 2 aliphatic heterocycles. The van der Waals surface area contributed by atoms with Crippen LogP contribution in [0.1, 0.15) is 17.7 Å². The smallest absolute Gasteiger partial charge is 0.0708 e. The molecule has 4 rings (SSSR count). The normalized spacial score (nSPS) is 22.6. The minimum Gasteiger partial charge on any atom is -0.314 e. The molecule has 0 spiro atoms. The Morgan fingerprint density at radius 3 is 2.79 bits per heavy atom. The van der Waals surface area contributed by atoms with Crippen molar-refractivity contribution in [2.24, 2.45) is 0 Å². The van der Waals surface area contributed by atoms with E-state index >= 15 is 0 Å². The molecule has 4 nitrogen and oxygen atoms in total. The van der Waals surface area contributed by atoms with Crippen molar-refractivity contribution in [3.8, 4) is 0 Å². The third-order valence-electron chi connectivity index (χ3n) is 5.24. The lowest BCUT2D eigenvalue weighted by atomic mass is 10.1. The van der Waals surface area contributed by atoms with Gasteiger partial charge in [0.2, 0.25) is 0 Å². The van der Waals surface area contributed by atoms with Crippen molar-refractivity contribution < 1.29 is 0 Å². The highest BCUT2D eigenvalue weighted by molar-refractivity contribution is 5.85. The number of para-hydroxylation sites is 1. The maximum Gasteiger partial charge on any atom is 0.0708 e. The van der Waals surface area contributed by atoms with Gasteiger partial charge in [0.25, 0.3) is 0 Å². The van der Waals surface area contributed by atoms with Crippen molar-refractivity contribution in [3.63, 3.8) is 0 Å². The monoisotopic (exact) mass is 346 g/mol. The topological polar surface area (TPSA) is 31.4 Å². The number of fused-ring (bicyclic) bond motifs is 1. The molecular weight excluding hydrogens is 320 g/mol. The van der Waals surface area contributed by atoms with Crippen LogP contribution < -0.4 is 5.32 Å². The van der Waals surface area contributed by atoms with Gasteiger partial charge in [0.1, 0.15) is 0 Å². The van der Waals surface area contributed by atoms with Crippen molar-refractivity contribution in [1.29, 1.82) is 0 Å². The van der Waals surface area contributed by atoms with Gasteiger partial charge in [0.15, 0.2) is 0 Å². The van der Waals surface area contributed by atoms with Gasteiger partial charge in [-0.2, -0.15) is 0 Å². The summed E-state index contributed by atoms with van der Waals surface area (Å²) in [6.45, 7) is 10.3. The summed E-state index contributed by atoms with van der Waals surface area (Å²) < 4.78 is 0. The highest BCUT2D eigenvalue weighted by atomic mass is 35.5. The van der Waals surface area contributed by atoms with Gasteiger partial charge in [-0.15, -0.1) is 12.4 Å². The molecule has 0 bridgehead atoms. The number of nitrogens with one attached hydrogen (secondary N) is 1. The zero-order chi connectivity index (χ0) is 15.6. The number of pyridine rings is 1. The minimum atomic E-state index is 0. The van der Waals surface area contributed by atoms with E-state index in [1.54, 1.807) is 0 Å². The average molecular weight is 347 g/mol. The Morgan fingerprint density at radius 1 is 1.17 bits per heavy atom. The van der Waals surface area contributed by atoms with Gasteiger partial charge in [-0.3, -0.25) is 14.8 Å². The summed E-state index contributed by atoms with van der Waals surface area (Å²) in [5, 5.41) is 4.76. The average Bonchev–Trinajstić information content (AvgIpc) is 3.04. The van der Waals surface area contributed by atoms with E-state index in [0.717, 1.165) is 36.9 Å². The lowest BCUT2D eigenvalue weighted by molar-refractivity contribution is 0.170. The van der Waals surface area contributed by atoms with Crippen molar-refractivity contribution in [2.45, 2.75) is 25.9 Å². The maximum atomic E-state index is 4.67. The molecular formula is C19H27ClN4. The molecule has 1 atom stereocenters. The van der Waals surface area contributed by atoms with Crippen LogP contribution in [-0.4, -0.2) is 60.1 Å². The zero-order valence-corrected chi connectivity index (χ0v) is 15.2. The summed E-state index contributed by atoms with van der Waals surface area (Å²) in [6.07, 6.45) is 1.31. The predicted octanol–water partition coefficient (Wildman–Crippen LogP) is 2.44. The molecule has 2 fully saturated rings. The molecule has 0 aliphatic carbocycles. The lowest BCUT2D eigenvalue weighted by Gasteiger charge is -2.32. The van der Waals surface area contributed by atoms with Gasteiger partial charge >= 0.3 is 0 Å². The molecule has 3 heterocycles. The number of aromatic nitrogens is 1. The molecule has 0 amide bonds. The van der Waals surface area contributed by atoms with E-state index in [2.05, 4.69) is 57.4 Å². The fraction of sp³-hybridized carbons (Fsp3) is 0.526. The maximum absolute atomic E-state index is 4.67. The van der Waals surface area contributed by atoms with Crippen LogP contribution in [0.25, 0.3) is 10.9 Å². The summed E-state index contributed by atoms with van der Waals surface area (Å²) in [7, 11) is 0. The first-order valence-corrected chi connectivity index (χ1v) is 8.82. The summed E-state index contributed by atoms with van der Waals surface area (Å²) in [5.74, 6) is 0. The lowest BCUT2D eigenvalue weighted by Crippen LogP contribution is -2.49. The Morgan fingerprint density at radius 2 is 1.96 bits per heavy atom. The Labute approximate surface area is 150 Å². The van der Waals surface area contributed by atoms with Crippen LogP contribution in [0.15, 0.2) is 30.3 Å².